The molecule has 1 heterocycles. The van der Waals surface area contributed by atoms with Crippen LogP contribution in [-0.4, -0.2) is 17.3 Å². The van der Waals surface area contributed by atoms with Crippen LogP contribution in [-0.2, 0) is 0 Å². The molecule has 0 bridgehead atoms. The lowest BCUT2D eigenvalue weighted by atomic mass is 10.4. The number of carbonyl (C=O) groups excluding carboxylic acids is 1. The van der Waals surface area contributed by atoms with Crippen molar-refractivity contribution in [2.24, 2.45) is 0 Å². The molecule has 54 valence electrons. The molecule has 0 amide bonds. The molecule has 1 aromatic heterocycles. The van der Waals surface area contributed by atoms with Gasteiger partial charge in [-0.1, -0.05) is 0 Å². The summed E-state index contributed by atoms with van der Waals surface area (Å²) in [4.78, 5) is 13.3. The summed E-state index contributed by atoms with van der Waals surface area (Å²) in [5.41, 5.74) is 1.13. The molecule has 0 aliphatic heterocycles. The molecule has 0 aliphatic carbocycles. The maximum Gasteiger partial charge on any atom is 0.270 e. The number of carbonyl (C=O) groups is 1. The van der Waals surface area contributed by atoms with Crippen LogP contribution in [0.4, 0.5) is 5.69 Å². The van der Waals surface area contributed by atoms with Crippen molar-refractivity contribution in [1.82, 2.24) is 4.98 Å². The lowest BCUT2D eigenvalue weighted by Crippen LogP contribution is -1.95. The Labute approximate surface area is 63.4 Å². The Morgan fingerprint density at radius 3 is 2.90 bits per heavy atom. The van der Waals surface area contributed by atoms with Crippen molar-refractivity contribution in [3.63, 3.8) is 0 Å². The maximum atomic E-state index is 10.6. The molecular formula is C6H7ClN2O. The average Bonchev–Trinajstić information content (AvgIpc) is 2.33. The molecule has 10 heavy (non-hydrogen) atoms. The highest BCUT2D eigenvalue weighted by atomic mass is 35.5. The minimum absolute atomic E-state index is 0.407. The van der Waals surface area contributed by atoms with Crippen LogP contribution < -0.4 is 5.32 Å². The van der Waals surface area contributed by atoms with Crippen molar-refractivity contribution < 1.29 is 4.79 Å². The molecule has 0 aromatic carbocycles. The Morgan fingerprint density at radius 2 is 2.50 bits per heavy atom. The molecule has 2 N–H and O–H groups in total. The molecule has 1 aromatic rings. The first-order valence-corrected chi connectivity index (χ1v) is 3.18. The van der Waals surface area contributed by atoms with Crippen molar-refractivity contribution in [1.29, 1.82) is 0 Å². The molecule has 0 radical (unpaired) electrons. The number of anilines is 1. The fraction of sp³-hybridized carbons (Fsp3) is 0.167. The second-order valence-electron chi connectivity index (χ2n) is 1.79. The Bertz CT molecular complexity index is 244. The second kappa shape index (κ2) is 2.75. The summed E-state index contributed by atoms with van der Waals surface area (Å²) < 4.78 is 0. The van der Waals surface area contributed by atoms with E-state index in [0.717, 1.165) is 5.69 Å². The molecule has 0 saturated carbocycles. The van der Waals surface area contributed by atoms with Crippen LogP contribution in [0.5, 0.6) is 0 Å². The van der Waals surface area contributed by atoms with Crippen LogP contribution in [0.3, 0.4) is 0 Å². The lowest BCUT2D eigenvalue weighted by molar-refractivity contribution is 0.107. The Hall–Kier alpha value is -0.960. The topological polar surface area (TPSA) is 44.9 Å². The van der Waals surface area contributed by atoms with Crippen molar-refractivity contribution in [2.45, 2.75) is 0 Å². The molecule has 0 saturated heterocycles. The van der Waals surface area contributed by atoms with E-state index in [0.29, 0.717) is 5.69 Å². The normalized spacial score (nSPS) is 9.40. The van der Waals surface area contributed by atoms with Crippen molar-refractivity contribution in [3.8, 4) is 0 Å². The van der Waals surface area contributed by atoms with Crippen LogP contribution in [0, 0.1) is 0 Å². The van der Waals surface area contributed by atoms with E-state index in [4.69, 9.17) is 11.6 Å². The Kier molecular flexibility index (Phi) is 1.97. The zero-order chi connectivity index (χ0) is 7.56. The largest absolute Gasteiger partial charge is 0.386 e. The summed E-state index contributed by atoms with van der Waals surface area (Å²) >= 11 is 5.22. The summed E-state index contributed by atoms with van der Waals surface area (Å²) in [5, 5.41) is 2.34. The van der Waals surface area contributed by atoms with E-state index in [1.807, 2.05) is 0 Å². The lowest BCUT2D eigenvalue weighted by Gasteiger charge is -1.95. The molecule has 0 fully saturated rings. The molecule has 0 unspecified atom stereocenters. The molecule has 0 aliphatic rings. The number of halogens is 1. The number of nitrogens with one attached hydrogen (secondary N) is 2. The second-order valence-corrected chi connectivity index (χ2v) is 2.13. The predicted octanol–water partition coefficient (Wildman–Crippen LogP) is 1.44. The predicted molar refractivity (Wildman–Crippen MR) is 40.5 cm³/mol. The van der Waals surface area contributed by atoms with Gasteiger partial charge in [0.2, 0.25) is 0 Å². The monoisotopic (exact) mass is 158 g/mol. The van der Waals surface area contributed by atoms with Gasteiger partial charge in [0.25, 0.3) is 5.24 Å². The fourth-order valence-corrected chi connectivity index (χ4v) is 0.897. The maximum absolute atomic E-state index is 10.6. The SMILES string of the molecule is CNc1cc[nH]c1C(=O)Cl. The number of hydrogen-bond donors (Lipinski definition) is 2. The summed E-state index contributed by atoms with van der Waals surface area (Å²) in [6.07, 6.45) is 1.65. The summed E-state index contributed by atoms with van der Waals surface area (Å²) in [5.74, 6) is 0. The standard InChI is InChI=1S/C6H7ClN2O/c1-8-4-2-3-9-5(4)6(7)10/h2-3,8-9H,1H3. The third kappa shape index (κ3) is 1.14. The first-order chi connectivity index (χ1) is 4.75. The molecular weight excluding hydrogens is 152 g/mol. The van der Waals surface area contributed by atoms with Gasteiger partial charge in [-0.2, -0.15) is 0 Å². The third-order valence-corrected chi connectivity index (χ3v) is 1.40. The quantitative estimate of drug-likeness (QED) is 0.640. The average molecular weight is 159 g/mol. The van der Waals surface area contributed by atoms with E-state index in [-0.39, 0.29) is 0 Å². The van der Waals surface area contributed by atoms with Crippen LogP contribution in [0.15, 0.2) is 12.3 Å². The van der Waals surface area contributed by atoms with Crippen molar-refractivity contribution in [3.05, 3.63) is 18.0 Å². The number of aromatic nitrogens is 1. The molecule has 4 heteroatoms. The third-order valence-electron chi connectivity index (χ3n) is 1.21. The number of H-pyrrole nitrogens is 1. The molecule has 0 spiro atoms. The highest BCUT2D eigenvalue weighted by Gasteiger charge is 2.07. The summed E-state index contributed by atoms with van der Waals surface area (Å²) in [7, 11) is 1.73. The smallest absolute Gasteiger partial charge is 0.270 e. The minimum Gasteiger partial charge on any atom is -0.386 e. The number of aromatic amines is 1. The first-order valence-electron chi connectivity index (χ1n) is 2.80. The van der Waals surface area contributed by atoms with Gasteiger partial charge in [-0.25, -0.2) is 0 Å². The van der Waals surface area contributed by atoms with Gasteiger partial charge in [-0.3, -0.25) is 4.79 Å². The summed E-state index contributed by atoms with van der Waals surface area (Å²) in [6, 6.07) is 1.75. The zero-order valence-corrected chi connectivity index (χ0v) is 6.20. The van der Waals surface area contributed by atoms with E-state index >= 15 is 0 Å². The van der Waals surface area contributed by atoms with Gasteiger partial charge in [-0.05, 0) is 17.7 Å². The molecule has 0 atom stereocenters. The van der Waals surface area contributed by atoms with E-state index in [1.54, 1.807) is 19.3 Å². The van der Waals surface area contributed by atoms with Gasteiger partial charge >= 0.3 is 0 Å². The van der Waals surface area contributed by atoms with Crippen LogP contribution in [0.25, 0.3) is 0 Å². The van der Waals surface area contributed by atoms with Gasteiger partial charge in [0.15, 0.2) is 0 Å². The Morgan fingerprint density at radius 1 is 1.80 bits per heavy atom. The van der Waals surface area contributed by atoms with Crippen LogP contribution >= 0.6 is 11.6 Å². The summed E-state index contributed by atoms with van der Waals surface area (Å²) in [6.45, 7) is 0. The Balaban J connectivity index is 3.01. The highest BCUT2D eigenvalue weighted by molar-refractivity contribution is 6.68. The van der Waals surface area contributed by atoms with Gasteiger partial charge in [0.1, 0.15) is 5.69 Å². The van der Waals surface area contributed by atoms with Crippen molar-refractivity contribution in [2.75, 3.05) is 12.4 Å². The highest BCUT2D eigenvalue weighted by Crippen LogP contribution is 2.13. The van der Waals surface area contributed by atoms with E-state index in [2.05, 4.69) is 10.3 Å². The number of rotatable bonds is 2. The van der Waals surface area contributed by atoms with Gasteiger partial charge in [0.05, 0.1) is 5.69 Å². The molecule has 3 nitrogen and oxygen atoms in total. The molecule has 1 rings (SSSR count). The van der Waals surface area contributed by atoms with Gasteiger partial charge < -0.3 is 10.3 Å². The fourth-order valence-electron chi connectivity index (χ4n) is 0.740. The van der Waals surface area contributed by atoms with E-state index < -0.39 is 5.24 Å². The number of hydrogen-bond acceptors (Lipinski definition) is 2. The zero-order valence-electron chi connectivity index (χ0n) is 5.44. The first kappa shape index (κ1) is 7.15. The van der Waals surface area contributed by atoms with Gasteiger partial charge in [0, 0.05) is 13.2 Å². The van der Waals surface area contributed by atoms with Crippen molar-refractivity contribution >= 4 is 22.5 Å². The minimum atomic E-state index is -0.477. The van der Waals surface area contributed by atoms with E-state index in [1.165, 1.54) is 0 Å². The van der Waals surface area contributed by atoms with Gasteiger partial charge in [-0.15, -0.1) is 0 Å². The van der Waals surface area contributed by atoms with Crippen LogP contribution in [0.2, 0.25) is 0 Å². The van der Waals surface area contributed by atoms with Crippen LogP contribution in [0.1, 0.15) is 10.5 Å². The van der Waals surface area contributed by atoms with E-state index in [9.17, 15) is 4.79 Å².